The first kappa shape index (κ1) is 11.9. The molecule has 0 N–H and O–H groups in total. The molecule has 0 aliphatic heterocycles. The molecule has 1 aromatic carbocycles. The summed E-state index contributed by atoms with van der Waals surface area (Å²) in [5, 5.41) is 8.57. The Kier molecular flexibility index (Phi) is 3.77. The lowest BCUT2D eigenvalue weighted by atomic mass is 10.3. The Labute approximate surface area is 105 Å². The van der Waals surface area contributed by atoms with E-state index in [0.29, 0.717) is 23.1 Å². The van der Waals surface area contributed by atoms with Crippen molar-refractivity contribution in [2.75, 3.05) is 7.11 Å². The lowest BCUT2D eigenvalue weighted by molar-refractivity contribution is 0.407. The molecule has 0 spiro atoms. The van der Waals surface area contributed by atoms with E-state index in [4.69, 9.17) is 14.7 Å². The third-order valence-electron chi connectivity index (χ3n) is 2.22. The second kappa shape index (κ2) is 5.69. The summed E-state index contributed by atoms with van der Waals surface area (Å²) in [6.45, 7) is 0. The van der Waals surface area contributed by atoms with Crippen LogP contribution in [0.1, 0.15) is 5.69 Å². The summed E-state index contributed by atoms with van der Waals surface area (Å²) >= 11 is 0. The van der Waals surface area contributed by atoms with Crippen molar-refractivity contribution in [1.29, 1.82) is 5.26 Å². The van der Waals surface area contributed by atoms with Crippen molar-refractivity contribution < 1.29 is 9.47 Å². The third-order valence-corrected chi connectivity index (χ3v) is 2.22. The lowest BCUT2D eigenvalue weighted by Gasteiger charge is -2.06. The van der Waals surface area contributed by atoms with Crippen LogP contribution < -0.4 is 9.47 Å². The first-order valence-corrected chi connectivity index (χ1v) is 5.33. The summed E-state index contributed by atoms with van der Waals surface area (Å²) < 4.78 is 10.7. The van der Waals surface area contributed by atoms with E-state index in [1.165, 1.54) is 6.42 Å². The van der Waals surface area contributed by atoms with Gasteiger partial charge < -0.3 is 9.47 Å². The number of nitriles is 1. The smallest absolute Gasteiger partial charge is 0.219 e. The molecule has 4 nitrogen and oxygen atoms in total. The van der Waals surface area contributed by atoms with Crippen LogP contribution in [0.25, 0.3) is 0 Å². The molecule has 0 fully saturated rings. The van der Waals surface area contributed by atoms with E-state index < -0.39 is 0 Å². The van der Waals surface area contributed by atoms with Crippen LogP contribution in [0.4, 0.5) is 0 Å². The zero-order valence-electron chi connectivity index (χ0n) is 9.83. The molecule has 4 heteroatoms. The number of rotatable bonds is 4. The highest BCUT2D eigenvalue weighted by Crippen LogP contribution is 2.23. The molecule has 0 amide bonds. The van der Waals surface area contributed by atoms with Gasteiger partial charge in [-0.2, -0.15) is 5.26 Å². The molecular formula is C14H11N2O2. The molecule has 0 atom stereocenters. The van der Waals surface area contributed by atoms with Crippen LogP contribution in [-0.4, -0.2) is 12.1 Å². The predicted octanol–water partition coefficient (Wildman–Crippen LogP) is 2.96. The fraction of sp³-hybridized carbons (Fsp3) is 0.0714. The third kappa shape index (κ3) is 2.98. The SMILES string of the molecule is COc1cccc(Oc2cccc([CH]C#N)n2)c1. The lowest BCUT2D eigenvalue weighted by Crippen LogP contribution is -1.91. The molecule has 1 heterocycles. The van der Waals surface area contributed by atoms with Gasteiger partial charge in [-0.25, -0.2) is 4.98 Å². The van der Waals surface area contributed by atoms with Crippen molar-refractivity contribution in [1.82, 2.24) is 4.98 Å². The highest BCUT2D eigenvalue weighted by Gasteiger charge is 2.02. The molecule has 18 heavy (non-hydrogen) atoms. The number of benzene rings is 1. The van der Waals surface area contributed by atoms with Gasteiger partial charge in [-0.3, -0.25) is 0 Å². The van der Waals surface area contributed by atoms with Crippen LogP contribution in [0.15, 0.2) is 42.5 Å². The Balaban J connectivity index is 2.17. The number of aromatic nitrogens is 1. The van der Waals surface area contributed by atoms with E-state index in [0.717, 1.165) is 0 Å². The second-order valence-electron chi connectivity index (χ2n) is 3.46. The molecule has 0 aliphatic rings. The van der Waals surface area contributed by atoms with Gasteiger partial charge in [-0.15, -0.1) is 0 Å². The molecule has 0 saturated carbocycles. The minimum atomic E-state index is 0.437. The highest BCUT2D eigenvalue weighted by atomic mass is 16.5. The van der Waals surface area contributed by atoms with Gasteiger partial charge in [-0.1, -0.05) is 12.1 Å². The van der Waals surface area contributed by atoms with E-state index in [1.54, 1.807) is 31.4 Å². The first-order chi connectivity index (χ1) is 8.81. The Morgan fingerprint density at radius 1 is 1.17 bits per heavy atom. The van der Waals surface area contributed by atoms with Crippen LogP contribution >= 0.6 is 0 Å². The number of hydrogen-bond acceptors (Lipinski definition) is 4. The number of nitrogens with zero attached hydrogens (tertiary/aromatic N) is 2. The Morgan fingerprint density at radius 2 is 1.94 bits per heavy atom. The van der Waals surface area contributed by atoms with E-state index in [9.17, 15) is 0 Å². The Bertz CT molecular complexity index is 576. The van der Waals surface area contributed by atoms with Crippen molar-refractivity contribution in [3.05, 3.63) is 54.6 Å². The minimum Gasteiger partial charge on any atom is -0.497 e. The van der Waals surface area contributed by atoms with Gasteiger partial charge in [0.15, 0.2) is 0 Å². The fourth-order valence-corrected chi connectivity index (χ4v) is 1.42. The summed E-state index contributed by atoms with van der Waals surface area (Å²) in [6, 6.07) is 14.4. The maximum atomic E-state index is 8.57. The van der Waals surface area contributed by atoms with Crippen molar-refractivity contribution in [2.45, 2.75) is 0 Å². The van der Waals surface area contributed by atoms with Crippen LogP contribution in [0, 0.1) is 17.8 Å². The minimum absolute atomic E-state index is 0.437. The van der Waals surface area contributed by atoms with E-state index in [1.807, 2.05) is 24.3 Å². The van der Waals surface area contributed by atoms with Gasteiger partial charge in [-0.05, 0) is 18.2 Å². The van der Waals surface area contributed by atoms with Gasteiger partial charge in [0.1, 0.15) is 17.9 Å². The largest absolute Gasteiger partial charge is 0.497 e. The van der Waals surface area contributed by atoms with Gasteiger partial charge in [0, 0.05) is 12.1 Å². The van der Waals surface area contributed by atoms with Gasteiger partial charge in [0.2, 0.25) is 5.88 Å². The fourth-order valence-electron chi connectivity index (χ4n) is 1.42. The summed E-state index contributed by atoms with van der Waals surface area (Å²) in [6.07, 6.45) is 1.36. The number of pyridine rings is 1. The molecule has 0 bridgehead atoms. The Morgan fingerprint density at radius 3 is 2.72 bits per heavy atom. The topological polar surface area (TPSA) is 55.1 Å². The molecule has 1 radical (unpaired) electrons. The van der Waals surface area contributed by atoms with Crippen molar-refractivity contribution in [3.8, 4) is 23.4 Å². The predicted molar refractivity (Wildman–Crippen MR) is 66.3 cm³/mol. The van der Waals surface area contributed by atoms with Crippen LogP contribution in [0.3, 0.4) is 0 Å². The summed E-state index contributed by atoms with van der Waals surface area (Å²) in [5.74, 6) is 1.79. The van der Waals surface area contributed by atoms with Gasteiger partial charge in [0.05, 0.1) is 18.9 Å². The first-order valence-electron chi connectivity index (χ1n) is 5.33. The molecule has 0 saturated heterocycles. The average Bonchev–Trinajstić information content (AvgIpc) is 2.40. The van der Waals surface area contributed by atoms with Gasteiger partial charge >= 0.3 is 0 Å². The number of ether oxygens (including phenoxy) is 2. The molecule has 0 unspecified atom stereocenters. The second-order valence-corrected chi connectivity index (χ2v) is 3.46. The van der Waals surface area contributed by atoms with E-state index in [-0.39, 0.29) is 0 Å². The maximum absolute atomic E-state index is 8.57. The normalized spacial score (nSPS) is 9.56. The van der Waals surface area contributed by atoms with Crippen LogP contribution in [0.5, 0.6) is 17.4 Å². The van der Waals surface area contributed by atoms with E-state index >= 15 is 0 Å². The average molecular weight is 239 g/mol. The standard InChI is InChI=1S/C14H11N2O2/c1-17-12-5-3-6-13(10-12)18-14-7-2-4-11(16-14)8-9-15/h2-8,10H,1H3. The molecular weight excluding hydrogens is 228 g/mol. The Hall–Kier alpha value is -2.54. The van der Waals surface area contributed by atoms with Crippen LogP contribution in [0.2, 0.25) is 0 Å². The van der Waals surface area contributed by atoms with Crippen molar-refractivity contribution in [3.63, 3.8) is 0 Å². The zero-order chi connectivity index (χ0) is 12.8. The summed E-state index contributed by atoms with van der Waals surface area (Å²) in [5.41, 5.74) is 0.567. The summed E-state index contributed by atoms with van der Waals surface area (Å²) in [4.78, 5) is 4.17. The summed E-state index contributed by atoms with van der Waals surface area (Å²) in [7, 11) is 1.60. The molecule has 89 valence electrons. The monoisotopic (exact) mass is 239 g/mol. The number of hydrogen-bond donors (Lipinski definition) is 0. The highest BCUT2D eigenvalue weighted by molar-refractivity contribution is 5.36. The quantitative estimate of drug-likeness (QED) is 0.823. The van der Waals surface area contributed by atoms with Crippen molar-refractivity contribution >= 4 is 0 Å². The van der Waals surface area contributed by atoms with Gasteiger partial charge in [0.25, 0.3) is 0 Å². The zero-order valence-corrected chi connectivity index (χ0v) is 9.83. The maximum Gasteiger partial charge on any atom is 0.219 e. The van der Waals surface area contributed by atoms with Crippen molar-refractivity contribution in [2.24, 2.45) is 0 Å². The molecule has 2 aromatic rings. The number of methoxy groups -OCH3 is 1. The molecule has 1 aromatic heterocycles. The molecule has 2 rings (SSSR count). The molecule has 0 aliphatic carbocycles. The van der Waals surface area contributed by atoms with E-state index in [2.05, 4.69) is 4.98 Å². The van der Waals surface area contributed by atoms with Crippen LogP contribution in [-0.2, 0) is 0 Å².